The number of fused-ring (bicyclic) bond motifs is 6. The van der Waals surface area contributed by atoms with Gasteiger partial charge in [0.05, 0.1) is 11.7 Å². The smallest absolute Gasteiger partial charge is 0.155 e. The van der Waals surface area contributed by atoms with Crippen LogP contribution < -0.4 is 0 Å². The lowest BCUT2D eigenvalue weighted by Crippen LogP contribution is -2.52. The van der Waals surface area contributed by atoms with Crippen molar-refractivity contribution in [2.45, 2.75) is 117 Å². The third-order valence-electron chi connectivity index (χ3n) is 11.7. The van der Waals surface area contributed by atoms with Crippen molar-refractivity contribution in [1.29, 1.82) is 0 Å². The zero-order chi connectivity index (χ0) is 23.8. The van der Waals surface area contributed by atoms with Gasteiger partial charge in [-0.25, -0.2) is 0 Å². The van der Waals surface area contributed by atoms with Gasteiger partial charge in [-0.2, -0.15) is 0 Å². The molecule has 2 saturated carbocycles. The van der Waals surface area contributed by atoms with Gasteiger partial charge in [0, 0.05) is 24.9 Å². The first-order chi connectivity index (χ1) is 16.3. The van der Waals surface area contributed by atoms with Gasteiger partial charge in [-0.05, 0) is 106 Å². The molecule has 4 aliphatic carbocycles. The fourth-order valence-corrected chi connectivity index (χ4v) is 10.0. The van der Waals surface area contributed by atoms with Crippen molar-refractivity contribution in [1.82, 2.24) is 4.90 Å². The SMILES string of the molecule is CCCN1C[C@@H](C)C[C@H]2O[C@]3(CC[C@@H]4C(=C(C)C3)C[C@H]3[C@H]4CCC4=CC(=O)CC[C@@]43C)[C@H](C)[C@@H]21. The Balaban J connectivity index is 1.29. The molecule has 6 rings (SSSR count). The van der Waals surface area contributed by atoms with Crippen molar-refractivity contribution in [3.05, 3.63) is 22.8 Å². The summed E-state index contributed by atoms with van der Waals surface area (Å²) >= 11 is 0. The predicted molar refractivity (Wildman–Crippen MR) is 138 cm³/mol. The van der Waals surface area contributed by atoms with E-state index < -0.39 is 0 Å². The molecule has 4 fully saturated rings. The topological polar surface area (TPSA) is 29.5 Å². The summed E-state index contributed by atoms with van der Waals surface area (Å²) in [6.45, 7) is 14.7. The highest BCUT2D eigenvalue weighted by Crippen LogP contribution is 2.64. The van der Waals surface area contributed by atoms with Gasteiger partial charge < -0.3 is 4.74 Å². The summed E-state index contributed by atoms with van der Waals surface area (Å²) in [5.41, 5.74) is 5.26. The number of nitrogens with zero attached hydrogens (tertiary/aromatic N) is 1. The molecule has 3 heteroatoms. The minimum absolute atomic E-state index is 0.0448. The molecule has 0 aromatic heterocycles. The highest BCUT2D eigenvalue weighted by molar-refractivity contribution is 5.91. The van der Waals surface area contributed by atoms with Gasteiger partial charge in [0.25, 0.3) is 0 Å². The Morgan fingerprint density at radius 1 is 1.18 bits per heavy atom. The van der Waals surface area contributed by atoms with Crippen molar-refractivity contribution < 1.29 is 9.53 Å². The Hall–Kier alpha value is -0.930. The lowest BCUT2D eigenvalue weighted by Gasteiger charge is -2.48. The molecule has 9 atom stereocenters. The van der Waals surface area contributed by atoms with E-state index in [1.54, 1.807) is 11.1 Å². The highest BCUT2D eigenvalue weighted by Gasteiger charge is 2.59. The van der Waals surface area contributed by atoms with E-state index >= 15 is 0 Å². The first-order valence-corrected chi connectivity index (χ1v) is 14.6. The van der Waals surface area contributed by atoms with E-state index in [0.717, 1.165) is 49.4 Å². The van der Waals surface area contributed by atoms with Crippen LogP contribution in [0.1, 0.15) is 98.8 Å². The Bertz CT molecular complexity index is 918. The van der Waals surface area contributed by atoms with Gasteiger partial charge in [-0.1, -0.05) is 44.4 Å². The average Bonchev–Trinajstić information content (AvgIpc) is 3.25. The summed E-state index contributed by atoms with van der Waals surface area (Å²) in [4.78, 5) is 15.0. The predicted octanol–water partition coefficient (Wildman–Crippen LogP) is 6.72. The highest BCUT2D eigenvalue weighted by atomic mass is 16.5. The van der Waals surface area contributed by atoms with Crippen molar-refractivity contribution in [3.63, 3.8) is 0 Å². The number of ketones is 1. The third-order valence-corrected chi connectivity index (χ3v) is 11.7. The molecule has 0 amide bonds. The molecule has 0 aromatic rings. The van der Waals surface area contributed by atoms with E-state index in [-0.39, 0.29) is 11.0 Å². The number of allylic oxidation sites excluding steroid dienone is 3. The number of piperidine rings is 1. The molecule has 2 aliphatic heterocycles. The van der Waals surface area contributed by atoms with Crippen LogP contribution in [-0.4, -0.2) is 41.5 Å². The Morgan fingerprint density at radius 2 is 2.00 bits per heavy atom. The monoisotopic (exact) mass is 465 g/mol. The molecule has 0 radical (unpaired) electrons. The molecule has 0 aromatic carbocycles. The zero-order valence-corrected chi connectivity index (χ0v) is 22.4. The summed E-state index contributed by atoms with van der Waals surface area (Å²) < 4.78 is 7.20. The molecule has 1 spiro atoms. The Kier molecular flexibility index (Phi) is 5.73. The number of likely N-dealkylation sites (tertiary alicyclic amines) is 1. The fourth-order valence-electron chi connectivity index (χ4n) is 10.0. The number of carbonyl (C=O) groups is 1. The quantitative estimate of drug-likeness (QED) is 0.424. The van der Waals surface area contributed by atoms with Crippen LogP contribution >= 0.6 is 0 Å². The molecule has 3 nitrogen and oxygen atoms in total. The third kappa shape index (κ3) is 3.39. The van der Waals surface area contributed by atoms with Crippen LogP contribution in [0.15, 0.2) is 22.8 Å². The first kappa shape index (κ1) is 23.5. The first-order valence-electron chi connectivity index (χ1n) is 14.6. The maximum absolute atomic E-state index is 12.2. The minimum atomic E-state index is 0.0448. The molecule has 2 saturated heterocycles. The summed E-state index contributed by atoms with van der Waals surface area (Å²) in [6, 6.07) is 0.612. The average molecular weight is 466 g/mol. The van der Waals surface area contributed by atoms with Crippen LogP contribution in [0, 0.1) is 35.0 Å². The van der Waals surface area contributed by atoms with Crippen molar-refractivity contribution >= 4 is 5.78 Å². The molecular formula is C31H47NO2. The second-order valence-corrected chi connectivity index (χ2v) is 13.5. The standard InChI is InChI=1S/C31H47NO2/c1-6-13-32-18-19(2)14-28-29(32)21(4)31(34-28)12-10-24-25-8-7-22-15-23(33)9-11-30(22,5)27(25)16-26(24)20(3)17-31/h15,19,21,24-25,27-29H,6-14,16-18H2,1-5H3/t19-,21+,24-,25-,27-,28+,29-,30-,31-/m0/s1. The fraction of sp³-hybridized carbons (Fsp3) is 0.839. The van der Waals surface area contributed by atoms with Gasteiger partial charge in [0.15, 0.2) is 5.78 Å². The van der Waals surface area contributed by atoms with Gasteiger partial charge in [0.1, 0.15) is 0 Å². The second kappa shape index (κ2) is 8.30. The molecule has 0 N–H and O–H groups in total. The van der Waals surface area contributed by atoms with E-state index in [0.29, 0.717) is 23.8 Å². The Morgan fingerprint density at radius 3 is 2.79 bits per heavy atom. The van der Waals surface area contributed by atoms with Crippen molar-refractivity contribution in [2.24, 2.45) is 35.0 Å². The van der Waals surface area contributed by atoms with Crippen molar-refractivity contribution in [3.8, 4) is 0 Å². The van der Waals surface area contributed by atoms with Crippen molar-refractivity contribution in [2.75, 3.05) is 13.1 Å². The zero-order valence-electron chi connectivity index (χ0n) is 22.4. The van der Waals surface area contributed by atoms with Gasteiger partial charge in [-0.15, -0.1) is 0 Å². The Labute approximate surface area is 207 Å². The summed E-state index contributed by atoms with van der Waals surface area (Å²) in [6.07, 6.45) is 14.2. The molecule has 34 heavy (non-hydrogen) atoms. The van der Waals surface area contributed by atoms with E-state index in [2.05, 4.69) is 39.5 Å². The maximum Gasteiger partial charge on any atom is 0.155 e. The largest absolute Gasteiger partial charge is 0.369 e. The molecule has 6 aliphatic rings. The van der Waals surface area contributed by atoms with E-state index in [1.165, 1.54) is 57.2 Å². The van der Waals surface area contributed by atoms with Crippen LogP contribution in [0.2, 0.25) is 0 Å². The van der Waals surface area contributed by atoms with Crippen LogP contribution in [0.3, 0.4) is 0 Å². The lowest BCUT2D eigenvalue weighted by atomic mass is 9.56. The van der Waals surface area contributed by atoms with Crippen LogP contribution in [-0.2, 0) is 9.53 Å². The van der Waals surface area contributed by atoms with E-state index in [4.69, 9.17) is 4.74 Å². The number of rotatable bonds is 2. The van der Waals surface area contributed by atoms with Crippen LogP contribution in [0.5, 0.6) is 0 Å². The van der Waals surface area contributed by atoms with Crippen LogP contribution in [0.25, 0.3) is 0 Å². The van der Waals surface area contributed by atoms with Gasteiger partial charge in [-0.3, -0.25) is 9.69 Å². The molecule has 0 bridgehead atoms. The summed E-state index contributed by atoms with van der Waals surface area (Å²) in [5, 5.41) is 0. The number of ether oxygens (including phenoxy) is 1. The molecular weight excluding hydrogens is 418 g/mol. The molecule has 188 valence electrons. The maximum atomic E-state index is 12.2. The molecule has 0 unspecified atom stereocenters. The van der Waals surface area contributed by atoms with Gasteiger partial charge in [0.2, 0.25) is 0 Å². The number of hydrogen-bond donors (Lipinski definition) is 0. The van der Waals surface area contributed by atoms with E-state index in [1.807, 2.05) is 6.08 Å². The molecule has 2 heterocycles. The lowest BCUT2D eigenvalue weighted by molar-refractivity contribution is -0.116. The normalized spacial score (nSPS) is 48.8. The second-order valence-electron chi connectivity index (χ2n) is 13.5. The van der Waals surface area contributed by atoms with Crippen LogP contribution in [0.4, 0.5) is 0 Å². The number of hydrogen-bond acceptors (Lipinski definition) is 3. The number of carbonyl (C=O) groups excluding carboxylic acids is 1. The van der Waals surface area contributed by atoms with Gasteiger partial charge >= 0.3 is 0 Å². The summed E-state index contributed by atoms with van der Waals surface area (Å²) in [7, 11) is 0. The minimum Gasteiger partial charge on any atom is -0.369 e. The summed E-state index contributed by atoms with van der Waals surface area (Å²) in [5.74, 6) is 4.04. The van der Waals surface area contributed by atoms with E-state index in [9.17, 15) is 4.79 Å².